The maximum absolute atomic E-state index is 5.80. The molecule has 20 heavy (non-hydrogen) atoms. The van der Waals surface area contributed by atoms with Gasteiger partial charge in [0.15, 0.2) is 0 Å². The third-order valence-corrected chi connectivity index (χ3v) is 4.53. The van der Waals surface area contributed by atoms with Crippen LogP contribution in [0, 0.1) is 0 Å². The van der Waals surface area contributed by atoms with Crippen molar-refractivity contribution in [1.29, 1.82) is 0 Å². The van der Waals surface area contributed by atoms with E-state index in [0.29, 0.717) is 26.4 Å². The van der Waals surface area contributed by atoms with Crippen molar-refractivity contribution in [3.8, 4) is 0 Å². The molecule has 0 aromatic heterocycles. The second-order valence-electron chi connectivity index (χ2n) is 6.04. The number of hydrogen-bond donors (Lipinski definition) is 0. The molecular weight excluding hydrogens is 256 g/mol. The summed E-state index contributed by atoms with van der Waals surface area (Å²) in [7, 11) is 0. The summed E-state index contributed by atoms with van der Waals surface area (Å²) in [6.07, 6.45) is 7.06. The lowest BCUT2D eigenvalue weighted by atomic mass is 9.80. The van der Waals surface area contributed by atoms with Crippen LogP contribution in [0.25, 0.3) is 0 Å². The molecule has 4 nitrogen and oxygen atoms in total. The summed E-state index contributed by atoms with van der Waals surface area (Å²) >= 11 is 0. The van der Waals surface area contributed by atoms with E-state index in [1.807, 2.05) is 0 Å². The standard InChI is InChI=1S/C16H30O4/c1-3-19-15(7-5-8-15)13-17-11-12-18-14-16(20-4-2)9-6-10-16/h3-14H2,1-2H3. The fourth-order valence-electron chi connectivity index (χ4n) is 3.05. The third-order valence-electron chi connectivity index (χ3n) is 4.53. The second-order valence-corrected chi connectivity index (χ2v) is 6.04. The molecule has 0 bridgehead atoms. The van der Waals surface area contributed by atoms with Gasteiger partial charge in [-0.1, -0.05) is 0 Å². The average Bonchev–Trinajstić information content (AvgIpc) is 2.36. The van der Waals surface area contributed by atoms with Crippen molar-refractivity contribution < 1.29 is 18.9 Å². The molecule has 2 aliphatic carbocycles. The first kappa shape index (κ1) is 16.2. The average molecular weight is 286 g/mol. The van der Waals surface area contributed by atoms with E-state index in [0.717, 1.165) is 38.9 Å². The maximum Gasteiger partial charge on any atom is 0.0914 e. The molecule has 4 heteroatoms. The Bertz CT molecular complexity index is 244. The van der Waals surface area contributed by atoms with Gasteiger partial charge in [-0.05, 0) is 52.4 Å². The van der Waals surface area contributed by atoms with Crippen LogP contribution in [-0.4, -0.2) is 50.8 Å². The largest absolute Gasteiger partial charge is 0.376 e. The molecule has 0 unspecified atom stereocenters. The van der Waals surface area contributed by atoms with Crippen molar-refractivity contribution in [2.24, 2.45) is 0 Å². The lowest BCUT2D eigenvalue weighted by Crippen LogP contribution is -2.45. The van der Waals surface area contributed by atoms with Gasteiger partial charge >= 0.3 is 0 Å². The Hall–Kier alpha value is -0.160. The zero-order valence-electron chi connectivity index (χ0n) is 13.1. The van der Waals surface area contributed by atoms with Gasteiger partial charge in [-0.3, -0.25) is 0 Å². The summed E-state index contributed by atoms with van der Waals surface area (Å²) in [6, 6.07) is 0. The van der Waals surface area contributed by atoms with Gasteiger partial charge in [0.05, 0.1) is 37.6 Å². The smallest absolute Gasteiger partial charge is 0.0914 e. The van der Waals surface area contributed by atoms with Gasteiger partial charge in [0.2, 0.25) is 0 Å². The normalized spacial score (nSPS) is 23.1. The number of hydrogen-bond acceptors (Lipinski definition) is 4. The summed E-state index contributed by atoms with van der Waals surface area (Å²) < 4.78 is 23.1. The molecule has 0 aromatic rings. The van der Waals surface area contributed by atoms with E-state index < -0.39 is 0 Å². The van der Waals surface area contributed by atoms with Crippen LogP contribution >= 0.6 is 0 Å². The first-order valence-corrected chi connectivity index (χ1v) is 8.18. The molecule has 118 valence electrons. The van der Waals surface area contributed by atoms with E-state index in [1.165, 1.54) is 12.8 Å². The molecule has 2 fully saturated rings. The van der Waals surface area contributed by atoms with Crippen LogP contribution in [-0.2, 0) is 18.9 Å². The monoisotopic (exact) mass is 286 g/mol. The van der Waals surface area contributed by atoms with Crippen molar-refractivity contribution in [2.45, 2.75) is 63.6 Å². The predicted octanol–water partition coefficient (Wildman–Crippen LogP) is 2.94. The highest BCUT2D eigenvalue weighted by molar-refractivity contribution is 4.90. The quantitative estimate of drug-likeness (QED) is 0.547. The van der Waals surface area contributed by atoms with Gasteiger partial charge in [-0.2, -0.15) is 0 Å². The third kappa shape index (κ3) is 4.17. The molecule has 0 N–H and O–H groups in total. The van der Waals surface area contributed by atoms with Crippen molar-refractivity contribution in [1.82, 2.24) is 0 Å². The van der Waals surface area contributed by atoms with Crippen LogP contribution in [0.15, 0.2) is 0 Å². The van der Waals surface area contributed by atoms with E-state index >= 15 is 0 Å². The maximum atomic E-state index is 5.80. The van der Waals surface area contributed by atoms with Gasteiger partial charge in [0.25, 0.3) is 0 Å². The zero-order valence-corrected chi connectivity index (χ0v) is 13.1. The summed E-state index contributed by atoms with van der Waals surface area (Å²) in [6.45, 7) is 8.37. The van der Waals surface area contributed by atoms with E-state index in [1.54, 1.807) is 0 Å². The first-order chi connectivity index (χ1) is 9.74. The van der Waals surface area contributed by atoms with Gasteiger partial charge < -0.3 is 18.9 Å². The molecule has 0 heterocycles. The van der Waals surface area contributed by atoms with Crippen LogP contribution in [0.1, 0.15) is 52.4 Å². The highest BCUT2D eigenvalue weighted by atomic mass is 16.6. The second kappa shape index (κ2) is 7.74. The van der Waals surface area contributed by atoms with E-state index in [2.05, 4.69) is 13.8 Å². The van der Waals surface area contributed by atoms with Gasteiger partial charge in [0.1, 0.15) is 0 Å². The van der Waals surface area contributed by atoms with Crippen LogP contribution in [0.3, 0.4) is 0 Å². The SMILES string of the molecule is CCOC1(COCCOCC2(OCC)CCC2)CCC1. The van der Waals surface area contributed by atoms with Gasteiger partial charge in [0, 0.05) is 13.2 Å². The Kier molecular flexibility index (Phi) is 6.27. The fraction of sp³-hybridized carbons (Fsp3) is 1.00. The Morgan fingerprint density at radius 3 is 1.35 bits per heavy atom. The lowest BCUT2D eigenvalue weighted by molar-refractivity contribution is -0.156. The minimum absolute atomic E-state index is 0.00919. The zero-order chi connectivity index (χ0) is 14.3. The Morgan fingerprint density at radius 2 is 1.10 bits per heavy atom. The first-order valence-electron chi connectivity index (χ1n) is 8.18. The van der Waals surface area contributed by atoms with Crippen LogP contribution in [0.5, 0.6) is 0 Å². The molecule has 0 radical (unpaired) electrons. The van der Waals surface area contributed by atoms with E-state index in [4.69, 9.17) is 18.9 Å². The number of ether oxygens (including phenoxy) is 4. The topological polar surface area (TPSA) is 36.9 Å². The molecule has 2 rings (SSSR count). The van der Waals surface area contributed by atoms with Crippen LogP contribution in [0.2, 0.25) is 0 Å². The molecule has 0 aromatic carbocycles. The molecule has 0 saturated heterocycles. The molecule has 0 amide bonds. The summed E-state index contributed by atoms with van der Waals surface area (Å²) in [5.41, 5.74) is 0.0184. The summed E-state index contributed by atoms with van der Waals surface area (Å²) in [4.78, 5) is 0. The van der Waals surface area contributed by atoms with E-state index in [9.17, 15) is 0 Å². The molecule has 0 spiro atoms. The Balaban J connectivity index is 1.51. The Morgan fingerprint density at radius 1 is 0.700 bits per heavy atom. The lowest BCUT2D eigenvalue weighted by Gasteiger charge is -2.41. The van der Waals surface area contributed by atoms with Crippen molar-refractivity contribution in [2.75, 3.05) is 39.6 Å². The Labute approximate surface area is 123 Å². The van der Waals surface area contributed by atoms with Crippen molar-refractivity contribution in [3.63, 3.8) is 0 Å². The minimum Gasteiger partial charge on any atom is -0.376 e. The van der Waals surface area contributed by atoms with Crippen molar-refractivity contribution >= 4 is 0 Å². The van der Waals surface area contributed by atoms with Crippen molar-refractivity contribution in [3.05, 3.63) is 0 Å². The highest BCUT2D eigenvalue weighted by Gasteiger charge is 2.39. The van der Waals surface area contributed by atoms with Gasteiger partial charge in [-0.15, -0.1) is 0 Å². The molecule has 2 saturated carbocycles. The fourth-order valence-corrected chi connectivity index (χ4v) is 3.05. The predicted molar refractivity (Wildman–Crippen MR) is 78.1 cm³/mol. The highest BCUT2D eigenvalue weighted by Crippen LogP contribution is 2.36. The molecule has 2 aliphatic rings. The van der Waals surface area contributed by atoms with Crippen LogP contribution < -0.4 is 0 Å². The minimum atomic E-state index is 0.00919. The molecule has 0 atom stereocenters. The molecular formula is C16H30O4. The van der Waals surface area contributed by atoms with Crippen LogP contribution in [0.4, 0.5) is 0 Å². The number of rotatable bonds is 11. The van der Waals surface area contributed by atoms with Gasteiger partial charge in [-0.25, -0.2) is 0 Å². The molecule has 0 aliphatic heterocycles. The summed E-state index contributed by atoms with van der Waals surface area (Å²) in [5.74, 6) is 0. The summed E-state index contributed by atoms with van der Waals surface area (Å²) in [5, 5.41) is 0. The van der Waals surface area contributed by atoms with E-state index in [-0.39, 0.29) is 11.2 Å².